The van der Waals surface area contributed by atoms with Gasteiger partial charge in [0.1, 0.15) is 5.75 Å². The number of carbonyl (C=O) groups is 1. The standard InChI is InChI=1S/C13H18ClNO2/c1-9-10(5-4-6-11(9)16)12(17)15-13(2,3)7-8-14/h4-6,16H,7-8H2,1-3H3,(H,15,17). The summed E-state index contributed by atoms with van der Waals surface area (Å²) in [4.78, 5) is 12.0. The highest BCUT2D eigenvalue weighted by atomic mass is 35.5. The quantitative estimate of drug-likeness (QED) is 0.813. The van der Waals surface area contributed by atoms with E-state index in [2.05, 4.69) is 5.32 Å². The Morgan fingerprint density at radius 3 is 2.71 bits per heavy atom. The first-order valence-corrected chi connectivity index (χ1v) is 6.08. The number of phenols is 1. The van der Waals surface area contributed by atoms with Crippen molar-refractivity contribution in [3.05, 3.63) is 29.3 Å². The first-order valence-electron chi connectivity index (χ1n) is 5.54. The minimum atomic E-state index is -0.350. The van der Waals surface area contributed by atoms with Gasteiger partial charge in [-0.05, 0) is 39.3 Å². The number of phenolic OH excluding ortho intramolecular Hbond substituents is 1. The van der Waals surface area contributed by atoms with Crippen LogP contribution in [-0.4, -0.2) is 22.4 Å². The average molecular weight is 256 g/mol. The second kappa shape index (κ2) is 5.41. The van der Waals surface area contributed by atoms with E-state index in [-0.39, 0.29) is 17.2 Å². The van der Waals surface area contributed by atoms with Crippen LogP contribution in [0.2, 0.25) is 0 Å². The van der Waals surface area contributed by atoms with Crippen LogP contribution in [0.4, 0.5) is 0 Å². The fourth-order valence-corrected chi connectivity index (χ4v) is 2.02. The summed E-state index contributed by atoms with van der Waals surface area (Å²) in [7, 11) is 0. The Labute approximate surface area is 107 Å². The molecule has 0 saturated heterocycles. The van der Waals surface area contributed by atoms with E-state index in [0.717, 1.165) is 0 Å². The molecule has 0 aliphatic rings. The summed E-state index contributed by atoms with van der Waals surface area (Å²) in [6, 6.07) is 4.92. The first-order chi connectivity index (χ1) is 7.87. The Hall–Kier alpha value is -1.22. The number of hydrogen-bond donors (Lipinski definition) is 2. The smallest absolute Gasteiger partial charge is 0.252 e. The van der Waals surface area contributed by atoms with Crippen LogP contribution in [0.3, 0.4) is 0 Å². The summed E-state index contributed by atoms with van der Waals surface area (Å²) in [5.74, 6) is 0.438. The molecule has 2 N–H and O–H groups in total. The van der Waals surface area contributed by atoms with Gasteiger partial charge >= 0.3 is 0 Å². The molecule has 17 heavy (non-hydrogen) atoms. The predicted octanol–water partition coefficient (Wildman–Crippen LogP) is 2.84. The highest BCUT2D eigenvalue weighted by Crippen LogP contribution is 2.20. The van der Waals surface area contributed by atoms with Crippen LogP contribution in [0.25, 0.3) is 0 Å². The molecule has 0 heterocycles. The van der Waals surface area contributed by atoms with Gasteiger partial charge in [-0.3, -0.25) is 4.79 Å². The lowest BCUT2D eigenvalue weighted by Crippen LogP contribution is -2.43. The molecule has 0 aromatic heterocycles. The predicted molar refractivity (Wildman–Crippen MR) is 69.7 cm³/mol. The number of nitrogens with one attached hydrogen (secondary N) is 1. The van der Waals surface area contributed by atoms with Crippen LogP contribution in [0.1, 0.15) is 36.2 Å². The summed E-state index contributed by atoms with van der Waals surface area (Å²) in [6.45, 7) is 5.57. The molecule has 0 radical (unpaired) electrons. The van der Waals surface area contributed by atoms with Crippen molar-refractivity contribution < 1.29 is 9.90 Å². The van der Waals surface area contributed by atoms with E-state index < -0.39 is 0 Å². The topological polar surface area (TPSA) is 49.3 Å². The maximum absolute atomic E-state index is 12.0. The van der Waals surface area contributed by atoms with Crippen LogP contribution in [-0.2, 0) is 0 Å². The summed E-state index contributed by atoms with van der Waals surface area (Å²) < 4.78 is 0. The molecule has 4 heteroatoms. The van der Waals surface area contributed by atoms with E-state index in [1.54, 1.807) is 25.1 Å². The maximum Gasteiger partial charge on any atom is 0.252 e. The minimum absolute atomic E-state index is 0.132. The van der Waals surface area contributed by atoms with Gasteiger partial charge in [-0.1, -0.05) is 6.07 Å². The molecule has 94 valence electrons. The van der Waals surface area contributed by atoms with Gasteiger partial charge in [-0.25, -0.2) is 0 Å². The fourth-order valence-electron chi connectivity index (χ4n) is 1.54. The Kier molecular flexibility index (Phi) is 4.40. The monoisotopic (exact) mass is 255 g/mol. The van der Waals surface area contributed by atoms with Crippen LogP contribution in [0.5, 0.6) is 5.75 Å². The average Bonchev–Trinajstić information content (AvgIpc) is 2.21. The Bertz CT molecular complexity index is 416. The molecule has 0 bridgehead atoms. The third kappa shape index (κ3) is 3.63. The third-order valence-electron chi connectivity index (χ3n) is 2.72. The lowest BCUT2D eigenvalue weighted by Gasteiger charge is -2.25. The van der Waals surface area contributed by atoms with E-state index in [1.165, 1.54) is 0 Å². The Balaban J connectivity index is 2.87. The Morgan fingerprint density at radius 2 is 2.12 bits per heavy atom. The molecule has 0 aliphatic carbocycles. The van der Waals surface area contributed by atoms with Gasteiger partial charge in [0.15, 0.2) is 0 Å². The molecule has 0 spiro atoms. The second-order valence-corrected chi connectivity index (χ2v) is 5.10. The fraction of sp³-hybridized carbons (Fsp3) is 0.462. The van der Waals surface area contributed by atoms with Gasteiger partial charge in [0.25, 0.3) is 5.91 Å². The van der Waals surface area contributed by atoms with Gasteiger partial charge < -0.3 is 10.4 Å². The van der Waals surface area contributed by atoms with E-state index in [1.807, 2.05) is 13.8 Å². The zero-order chi connectivity index (χ0) is 13.1. The van der Waals surface area contributed by atoms with Crippen LogP contribution in [0.15, 0.2) is 18.2 Å². The molecule has 1 rings (SSSR count). The van der Waals surface area contributed by atoms with Gasteiger partial charge in [0, 0.05) is 22.5 Å². The molecule has 0 aliphatic heterocycles. The lowest BCUT2D eigenvalue weighted by atomic mass is 10.00. The van der Waals surface area contributed by atoms with Crippen molar-refractivity contribution in [2.45, 2.75) is 32.7 Å². The van der Waals surface area contributed by atoms with E-state index in [9.17, 15) is 9.90 Å². The minimum Gasteiger partial charge on any atom is -0.508 e. The van der Waals surface area contributed by atoms with E-state index in [0.29, 0.717) is 23.4 Å². The van der Waals surface area contributed by atoms with Gasteiger partial charge in [-0.15, -0.1) is 11.6 Å². The number of rotatable bonds is 4. The number of carbonyl (C=O) groups excluding carboxylic acids is 1. The van der Waals surface area contributed by atoms with E-state index >= 15 is 0 Å². The van der Waals surface area contributed by atoms with Crippen molar-refractivity contribution in [3.8, 4) is 5.75 Å². The molecule has 0 saturated carbocycles. The summed E-state index contributed by atoms with van der Waals surface area (Å²) in [5.41, 5.74) is 0.732. The molecular formula is C13H18ClNO2. The van der Waals surface area contributed by atoms with E-state index in [4.69, 9.17) is 11.6 Å². The second-order valence-electron chi connectivity index (χ2n) is 4.73. The van der Waals surface area contributed by atoms with Crippen molar-refractivity contribution >= 4 is 17.5 Å². The largest absolute Gasteiger partial charge is 0.508 e. The highest BCUT2D eigenvalue weighted by molar-refractivity contribution is 6.17. The molecule has 1 aromatic carbocycles. The third-order valence-corrected chi connectivity index (χ3v) is 2.91. The molecule has 3 nitrogen and oxygen atoms in total. The number of amides is 1. The van der Waals surface area contributed by atoms with Gasteiger partial charge in [0.2, 0.25) is 0 Å². The SMILES string of the molecule is Cc1c(O)cccc1C(=O)NC(C)(C)CCCl. The summed E-state index contributed by atoms with van der Waals surface area (Å²) in [6.07, 6.45) is 0.693. The van der Waals surface area contributed by atoms with Crippen LogP contribution < -0.4 is 5.32 Å². The van der Waals surface area contributed by atoms with Crippen LogP contribution in [0, 0.1) is 6.92 Å². The number of benzene rings is 1. The molecule has 0 unspecified atom stereocenters. The van der Waals surface area contributed by atoms with Crippen molar-refractivity contribution in [2.24, 2.45) is 0 Å². The normalized spacial score (nSPS) is 11.3. The number of alkyl halides is 1. The molecule has 1 aromatic rings. The van der Waals surface area contributed by atoms with Crippen molar-refractivity contribution in [1.29, 1.82) is 0 Å². The summed E-state index contributed by atoms with van der Waals surface area (Å²) >= 11 is 5.68. The molecule has 0 fully saturated rings. The number of aromatic hydroxyl groups is 1. The number of hydrogen-bond acceptors (Lipinski definition) is 2. The first kappa shape index (κ1) is 13.8. The van der Waals surface area contributed by atoms with Crippen molar-refractivity contribution in [3.63, 3.8) is 0 Å². The highest BCUT2D eigenvalue weighted by Gasteiger charge is 2.21. The zero-order valence-electron chi connectivity index (χ0n) is 10.4. The lowest BCUT2D eigenvalue weighted by molar-refractivity contribution is 0.0910. The van der Waals surface area contributed by atoms with Gasteiger partial charge in [0.05, 0.1) is 0 Å². The van der Waals surface area contributed by atoms with Gasteiger partial charge in [-0.2, -0.15) is 0 Å². The van der Waals surface area contributed by atoms with Crippen LogP contribution >= 0.6 is 11.6 Å². The van der Waals surface area contributed by atoms with Crippen molar-refractivity contribution in [2.75, 3.05) is 5.88 Å². The van der Waals surface area contributed by atoms with Crippen molar-refractivity contribution in [1.82, 2.24) is 5.32 Å². The molecule has 1 amide bonds. The zero-order valence-corrected chi connectivity index (χ0v) is 11.1. The summed E-state index contributed by atoms with van der Waals surface area (Å²) in [5, 5.41) is 12.5. The number of halogens is 1. The maximum atomic E-state index is 12.0. The molecule has 0 atom stereocenters. The molecular weight excluding hydrogens is 238 g/mol. The Morgan fingerprint density at radius 1 is 1.47 bits per heavy atom.